The molecule has 0 bridgehead atoms. The van der Waals surface area contributed by atoms with Crippen molar-refractivity contribution in [2.45, 2.75) is 79.1 Å². The van der Waals surface area contributed by atoms with E-state index in [1.54, 1.807) is 12.2 Å². The van der Waals surface area contributed by atoms with Gasteiger partial charge in [0.05, 0.1) is 24.2 Å². The lowest BCUT2D eigenvalue weighted by Gasteiger charge is -2.31. The molecule has 0 aliphatic heterocycles. The number of aliphatic hydroxyl groups excluding tert-OH is 2. The molecule has 2 fully saturated rings. The van der Waals surface area contributed by atoms with Crippen LogP contribution in [-0.4, -0.2) is 46.3 Å². The molecule has 0 atom stereocenters. The van der Waals surface area contributed by atoms with Gasteiger partial charge in [-0.1, -0.05) is 39.8 Å². The summed E-state index contributed by atoms with van der Waals surface area (Å²) >= 11 is 0. The molecular formula is C28H40N2O4. The molecule has 0 amide bonds. The number of aliphatic hydroxyl groups is 2. The van der Waals surface area contributed by atoms with Crippen LogP contribution in [0.2, 0.25) is 0 Å². The smallest absolute Gasteiger partial charge is 0.168 e. The molecule has 2 rings (SSSR count). The fourth-order valence-electron chi connectivity index (χ4n) is 4.69. The molecule has 34 heavy (non-hydrogen) atoms. The number of hydrogen-bond acceptors (Lipinski definition) is 6. The summed E-state index contributed by atoms with van der Waals surface area (Å²) in [6, 6.07) is 0. The van der Waals surface area contributed by atoms with Gasteiger partial charge in [0, 0.05) is 37.1 Å². The van der Waals surface area contributed by atoms with Gasteiger partial charge < -0.3 is 10.2 Å². The number of Topliss-reactive ketones (excluding diaryl/α,β-unsaturated/α-hetero) is 2. The third kappa shape index (κ3) is 7.37. The SMILES string of the molecule is C=CCN=C1CC(C)(C)CC(=O)/C1=C(/O)CCCC/C(O)=C1\C(=O)CC(C)(C)CC1=NCC=C. The van der Waals surface area contributed by atoms with Crippen LogP contribution in [0, 0.1) is 10.8 Å². The Labute approximate surface area is 204 Å². The van der Waals surface area contributed by atoms with Crippen molar-refractivity contribution in [3.8, 4) is 0 Å². The van der Waals surface area contributed by atoms with E-state index in [1.165, 1.54) is 0 Å². The molecule has 0 saturated heterocycles. The van der Waals surface area contributed by atoms with Crippen molar-refractivity contribution in [2.75, 3.05) is 13.1 Å². The van der Waals surface area contributed by atoms with Crippen molar-refractivity contribution in [2.24, 2.45) is 20.8 Å². The lowest BCUT2D eigenvalue weighted by molar-refractivity contribution is -0.118. The van der Waals surface area contributed by atoms with Gasteiger partial charge in [-0.25, -0.2) is 0 Å². The molecular weight excluding hydrogens is 428 g/mol. The first-order chi connectivity index (χ1) is 15.9. The van der Waals surface area contributed by atoms with Gasteiger partial charge in [-0.3, -0.25) is 19.6 Å². The number of hydrogen-bond donors (Lipinski definition) is 2. The number of carbonyl (C=O) groups excluding carboxylic acids is 2. The lowest BCUT2D eigenvalue weighted by Crippen LogP contribution is -2.33. The molecule has 0 spiro atoms. The van der Waals surface area contributed by atoms with E-state index in [-0.39, 0.29) is 33.9 Å². The number of rotatable bonds is 9. The molecule has 0 radical (unpaired) electrons. The minimum atomic E-state index is -0.190. The quantitative estimate of drug-likeness (QED) is 0.182. The van der Waals surface area contributed by atoms with Gasteiger partial charge in [0.15, 0.2) is 11.6 Å². The van der Waals surface area contributed by atoms with E-state index >= 15 is 0 Å². The van der Waals surface area contributed by atoms with Crippen LogP contribution in [0.3, 0.4) is 0 Å². The maximum atomic E-state index is 12.8. The number of nitrogens with zero attached hydrogens (tertiary/aromatic N) is 2. The summed E-state index contributed by atoms with van der Waals surface area (Å²) in [5, 5.41) is 21.5. The van der Waals surface area contributed by atoms with Gasteiger partial charge in [-0.15, -0.1) is 13.2 Å². The van der Waals surface area contributed by atoms with Crippen molar-refractivity contribution >= 4 is 23.0 Å². The predicted octanol–water partition coefficient (Wildman–Crippen LogP) is 6.20. The first-order valence-electron chi connectivity index (χ1n) is 12.1. The van der Waals surface area contributed by atoms with E-state index in [1.807, 2.05) is 27.7 Å². The summed E-state index contributed by atoms with van der Waals surface area (Å²) in [7, 11) is 0. The third-order valence-electron chi connectivity index (χ3n) is 6.18. The van der Waals surface area contributed by atoms with Gasteiger partial charge in [0.2, 0.25) is 0 Å². The fraction of sp³-hybridized carbons (Fsp3) is 0.571. The van der Waals surface area contributed by atoms with Crippen LogP contribution in [0.5, 0.6) is 0 Å². The van der Waals surface area contributed by atoms with Crippen LogP contribution >= 0.6 is 0 Å². The van der Waals surface area contributed by atoms with E-state index in [9.17, 15) is 19.8 Å². The van der Waals surface area contributed by atoms with Crippen molar-refractivity contribution in [1.82, 2.24) is 0 Å². The second-order valence-corrected chi connectivity index (χ2v) is 10.9. The minimum Gasteiger partial charge on any atom is -0.511 e. The molecule has 0 aromatic heterocycles. The number of allylic oxidation sites excluding steroid dienone is 4. The van der Waals surface area contributed by atoms with Crippen LogP contribution < -0.4 is 0 Å². The largest absolute Gasteiger partial charge is 0.511 e. The zero-order valence-corrected chi connectivity index (χ0v) is 21.2. The van der Waals surface area contributed by atoms with Gasteiger partial charge in [0.1, 0.15) is 11.5 Å². The highest BCUT2D eigenvalue weighted by molar-refractivity contribution is 6.25. The summed E-state index contributed by atoms with van der Waals surface area (Å²) < 4.78 is 0. The van der Waals surface area contributed by atoms with E-state index in [0.29, 0.717) is 87.0 Å². The average Bonchev–Trinajstić information content (AvgIpc) is 2.71. The Morgan fingerprint density at radius 1 is 0.765 bits per heavy atom. The highest BCUT2D eigenvalue weighted by atomic mass is 16.3. The zero-order chi connectivity index (χ0) is 25.5. The standard InChI is InChI=1S/C28H40N2O4/c1-7-13-29-19-15-27(3,4)17-23(33)25(19)21(31)11-9-10-12-22(32)26-20(30-14-8-2)16-28(5,6)18-24(26)34/h7-8,31-32H,1-2,9-18H2,3-6H3/b25-21+,26-22+,29-19?,30-20?. The molecule has 2 aliphatic rings. The first-order valence-corrected chi connectivity index (χ1v) is 12.1. The van der Waals surface area contributed by atoms with Crippen LogP contribution in [0.15, 0.2) is 58.0 Å². The van der Waals surface area contributed by atoms with Crippen LogP contribution in [0.25, 0.3) is 0 Å². The molecule has 2 saturated carbocycles. The summed E-state index contributed by atoms with van der Waals surface area (Å²) in [6.07, 6.45) is 7.11. The second-order valence-electron chi connectivity index (χ2n) is 10.9. The lowest BCUT2D eigenvalue weighted by atomic mass is 9.73. The van der Waals surface area contributed by atoms with E-state index in [4.69, 9.17) is 0 Å². The number of unbranched alkanes of at least 4 members (excludes halogenated alkanes) is 1. The Bertz CT molecular complexity index is 883. The summed E-state index contributed by atoms with van der Waals surface area (Å²) in [5.41, 5.74) is 1.58. The second kappa shape index (κ2) is 11.6. The van der Waals surface area contributed by atoms with Gasteiger partial charge in [-0.2, -0.15) is 0 Å². The normalized spacial score (nSPS) is 25.4. The van der Waals surface area contributed by atoms with Crippen molar-refractivity contribution in [3.05, 3.63) is 48.0 Å². The average molecular weight is 469 g/mol. The first kappa shape index (κ1) is 27.5. The Hall–Kier alpha value is -2.76. The Morgan fingerprint density at radius 3 is 1.44 bits per heavy atom. The van der Waals surface area contributed by atoms with Crippen molar-refractivity contribution in [3.63, 3.8) is 0 Å². The predicted molar refractivity (Wildman–Crippen MR) is 139 cm³/mol. The summed E-state index contributed by atoms with van der Waals surface area (Å²) in [5.74, 6) is -0.0570. The molecule has 0 aromatic carbocycles. The molecule has 2 N–H and O–H groups in total. The van der Waals surface area contributed by atoms with Gasteiger partial charge in [-0.05, 0) is 36.5 Å². The van der Waals surface area contributed by atoms with Gasteiger partial charge >= 0.3 is 0 Å². The topological polar surface area (TPSA) is 99.3 Å². The molecule has 2 aliphatic carbocycles. The van der Waals surface area contributed by atoms with Crippen LogP contribution in [0.4, 0.5) is 0 Å². The van der Waals surface area contributed by atoms with Crippen LogP contribution in [0.1, 0.15) is 79.1 Å². The number of aliphatic imine (C=N–C) groups is 2. The molecule has 0 heterocycles. The van der Waals surface area contributed by atoms with Crippen LogP contribution in [-0.2, 0) is 9.59 Å². The third-order valence-corrected chi connectivity index (χ3v) is 6.18. The van der Waals surface area contributed by atoms with E-state index in [0.717, 1.165) is 0 Å². The molecule has 0 aromatic rings. The van der Waals surface area contributed by atoms with Gasteiger partial charge in [0.25, 0.3) is 0 Å². The molecule has 186 valence electrons. The zero-order valence-electron chi connectivity index (χ0n) is 21.2. The monoisotopic (exact) mass is 468 g/mol. The molecule has 0 unspecified atom stereocenters. The molecule has 6 nitrogen and oxygen atoms in total. The maximum Gasteiger partial charge on any atom is 0.168 e. The Kier molecular flexibility index (Phi) is 9.37. The Morgan fingerprint density at radius 2 is 1.12 bits per heavy atom. The van der Waals surface area contributed by atoms with E-state index < -0.39 is 0 Å². The maximum absolute atomic E-state index is 12.8. The highest BCUT2D eigenvalue weighted by Crippen LogP contribution is 2.37. The number of ketones is 2. The van der Waals surface area contributed by atoms with Crippen molar-refractivity contribution < 1.29 is 19.8 Å². The highest BCUT2D eigenvalue weighted by Gasteiger charge is 2.37. The molecule has 6 heteroatoms. The number of carbonyl (C=O) groups is 2. The summed E-state index contributed by atoms with van der Waals surface area (Å²) in [6.45, 7) is 16.3. The Balaban J connectivity index is 2.12. The van der Waals surface area contributed by atoms with Crippen molar-refractivity contribution in [1.29, 1.82) is 0 Å². The minimum absolute atomic E-state index is 0.0548. The fourth-order valence-corrected chi connectivity index (χ4v) is 4.69. The summed E-state index contributed by atoms with van der Waals surface area (Å²) in [4.78, 5) is 34.5. The van der Waals surface area contributed by atoms with E-state index in [2.05, 4.69) is 23.1 Å².